The Morgan fingerprint density at radius 3 is 2.84 bits per heavy atom. The first-order chi connectivity index (χ1) is 9.22. The van der Waals surface area contributed by atoms with Gasteiger partial charge in [0.05, 0.1) is 17.9 Å². The monoisotopic (exact) mass is 260 g/mol. The molecular formula is C14H13FN2O2. The molecule has 1 aromatic carbocycles. The molecule has 1 aliphatic rings. The fourth-order valence-electron chi connectivity index (χ4n) is 1.95. The zero-order chi connectivity index (χ0) is 13.2. The van der Waals surface area contributed by atoms with Gasteiger partial charge < -0.3 is 14.8 Å². The highest BCUT2D eigenvalue weighted by Crippen LogP contribution is 2.35. The molecule has 0 fully saturated rings. The minimum atomic E-state index is -0.334. The highest BCUT2D eigenvalue weighted by atomic mass is 19.1. The molecule has 1 atom stereocenters. The van der Waals surface area contributed by atoms with E-state index in [-0.39, 0.29) is 18.7 Å². The predicted octanol–water partition coefficient (Wildman–Crippen LogP) is 3.12. The van der Waals surface area contributed by atoms with Gasteiger partial charge in [-0.05, 0) is 31.2 Å². The van der Waals surface area contributed by atoms with Crippen LogP contribution in [0, 0.1) is 5.82 Å². The summed E-state index contributed by atoms with van der Waals surface area (Å²) in [4.78, 5) is 4.05. The van der Waals surface area contributed by atoms with Crippen molar-refractivity contribution in [3.63, 3.8) is 0 Å². The summed E-state index contributed by atoms with van der Waals surface area (Å²) in [6, 6.07) is 8.69. The summed E-state index contributed by atoms with van der Waals surface area (Å²) < 4.78 is 23.4. The van der Waals surface area contributed by atoms with E-state index in [1.165, 1.54) is 12.3 Å². The molecule has 1 unspecified atom stereocenters. The Labute approximate surface area is 110 Å². The first kappa shape index (κ1) is 11.8. The van der Waals surface area contributed by atoms with E-state index in [9.17, 15) is 4.39 Å². The number of anilines is 1. The van der Waals surface area contributed by atoms with Crippen LogP contribution in [0.3, 0.4) is 0 Å². The van der Waals surface area contributed by atoms with Gasteiger partial charge in [0.15, 0.2) is 11.5 Å². The lowest BCUT2D eigenvalue weighted by molar-refractivity contribution is 0.174. The second-order valence-electron chi connectivity index (χ2n) is 4.34. The third-order valence-electron chi connectivity index (χ3n) is 2.95. The van der Waals surface area contributed by atoms with Crippen molar-refractivity contribution in [2.75, 3.05) is 12.1 Å². The van der Waals surface area contributed by atoms with Gasteiger partial charge >= 0.3 is 0 Å². The van der Waals surface area contributed by atoms with Gasteiger partial charge in [0.1, 0.15) is 5.82 Å². The predicted molar refractivity (Wildman–Crippen MR) is 68.8 cm³/mol. The quantitative estimate of drug-likeness (QED) is 0.920. The Hall–Kier alpha value is -2.30. The molecule has 98 valence electrons. The number of hydrogen-bond donors (Lipinski definition) is 1. The maximum absolute atomic E-state index is 12.8. The summed E-state index contributed by atoms with van der Waals surface area (Å²) in [5.41, 5.74) is 1.68. The number of fused-ring (bicyclic) bond motifs is 1. The smallest absolute Gasteiger partial charge is 0.231 e. The molecule has 1 aromatic heterocycles. The number of rotatable bonds is 3. The van der Waals surface area contributed by atoms with Crippen molar-refractivity contribution in [1.82, 2.24) is 4.98 Å². The van der Waals surface area contributed by atoms with E-state index in [2.05, 4.69) is 10.3 Å². The number of nitrogens with one attached hydrogen (secondary N) is 1. The Balaban J connectivity index is 1.75. The average Bonchev–Trinajstić information content (AvgIpc) is 2.87. The van der Waals surface area contributed by atoms with Gasteiger partial charge in [-0.3, -0.25) is 4.98 Å². The number of pyridine rings is 1. The van der Waals surface area contributed by atoms with Gasteiger partial charge in [0.25, 0.3) is 0 Å². The number of benzene rings is 1. The summed E-state index contributed by atoms with van der Waals surface area (Å²) in [6.45, 7) is 2.22. The van der Waals surface area contributed by atoms with Crippen LogP contribution >= 0.6 is 0 Å². The zero-order valence-corrected chi connectivity index (χ0v) is 10.4. The molecule has 0 saturated carbocycles. The molecule has 2 heterocycles. The number of hydrogen-bond acceptors (Lipinski definition) is 4. The highest BCUT2D eigenvalue weighted by Gasteiger charge is 2.14. The topological polar surface area (TPSA) is 43.4 Å². The van der Waals surface area contributed by atoms with Gasteiger partial charge in [-0.2, -0.15) is 0 Å². The molecule has 0 amide bonds. The molecule has 1 aliphatic heterocycles. The van der Waals surface area contributed by atoms with Gasteiger partial charge in [-0.15, -0.1) is 0 Å². The van der Waals surface area contributed by atoms with Gasteiger partial charge in [-0.25, -0.2) is 4.39 Å². The van der Waals surface area contributed by atoms with Crippen LogP contribution in [0.4, 0.5) is 10.1 Å². The zero-order valence-electron chi connectivity index (χ0n) is 10.4. The lowest BCUT2D eigenvalue weighted by Crippen LogP contribution is -2.08. The Kier molecular flexibility index (Phi) is 2.95. The number of ether oxygens (including phenoxy) is 2. The summed E-state index contributed by atoms with van der Waals surface area (Å²) >= 11 is 0. The molecule has 3 rings (SSSR count). The fourth-order valence-corrected chi connectivity index (χ4v) is 1.95. The standard InChI is InChI=1S/C14H13FN2O2/c1-9(12-4-2-10(15)7-16-12)17-11-3-5-13-14(6-11)19-8-18-13/h2-7,9,17H,8H2,1H3. The van der Waals surface area contributed by atoms with Crippen LogP contribution in [0.25, 0.3) is 0 Å². The van der Waals surface area contributed by atoms with E-state index in [0.717, 1.165) is 22.9 Å². The van der Waals surface area contributed by atoms with Crippen LogP contribution < -0.4 is 14.8 Å². The highest BCUT2D eigenvalue weighted by molar-refractivity contribution is 5.56. The third kappa shape index (κ3) is 2.45. The largest absolute Gasteiger partial charge is 0.454 e. The van der Waals surface area contributed by atoms with Crippen molar-refractivity contribution >= 4 is 5.69 Å². The Morgan fingerprint density at radius 1 is 1.21 bits per heavy atom. The summed E-state index contributed by atoms with van der Waals surface area (Å²) in [6.07, 6.45) is 1.22. The normalized spacial score (nSPS) is 14.2. The van der Waals surface area contributed by atoms with Crippen LogP contribution in [0.1, 0.15) is 18.7 Å². The van der Waals surface area contributed by atoms with Crippen molar-refractivity contribution in [2.45, 2.75) is 13.0 Å². The fraction of sp³-hybridized carbons (Fsp3) is 0.214. The molecule has 0 bridgehead atoms. The third-order valence-corrected chi connectivity index (χ3v) is 2.95. The number of nitrogens with zero attached hydrogens (tertiary/aromatic N) is 1. The minimum Gasteiger partial charge on any atom is -0.454 e. The molecule has 0 saturated heterocycles. The molecule has 0 spiro atoms. The van der Waals surface area contributed by atoms with Crippen molar-refractivity contribution in [3.8, 4) is 11.5 Å². The van der Waals surface area contributed by atoms with E-state index in [1.54, 1.807) is 6.07 Å². The van der Waals surface area contributed by atoms with Crippen molar-refractivity contribution in [1.29, 1.82) is 0 Å². The van der Waals surface area contributed by atoms with Crippen molar-refractivity contribution < 1.29 is 13.9 Å². The van der Waals surface area contributed by atoms with Crippen LogP contribution in [-0.4, -0.2) is 11.8 Å². The Bertz CT molecular complexity index is 586. The molecule has 19 heavy (non-hydrogen) atoms. The van der Waals surface area contributed by atoms with Crippen molar-refractivity contribution in [2.24, 2.45) is 0 Å². The number of halogens is 1. The first-order valence-electron chi connectivity index (χ1n) is 6.00. The molecule has 4 nitrogen and oxygen atoms in total. The Morgan fingerprint density at radius 2 is 2.05 bits per heavy atom. The molecule has 1 N–H and O–H groups in total. The summed E-state index contributed by atoms with van der Waals surface area (Å²) in [7, 11) is 0. The second-order valence-corrected chi connectivity index (χ2v) is 4.34. The van der Waals surface area contributed by atoms with Gasteiger partial charge in [0, 0.05) is 11.8 Å². The maximum Gasteiger partial charge on any atom is 0.231 e. The molecule has 0 aliphatic carbocycles. The molecule has 0 radical (unpaired) electrons. The van der Waals surface area contributed by atoms with Gasteiger partial charge in [-0.1, -0.05) is 0 Å². The lowest BCUT2D eigenvalue weighted by atomic mass is 10.2. The van der Waals surface area contributed by atoms with E-state index < -0.39 is 0 Å². The second kappa shape index (κ2) is 4.76. The lowest BCUT2D eigenvalue weighted by Gasteiger charge is -2.15. The van der Waals surface area contributed by atoms with Crippen LogP contribution in [-0.2, 0) is 0 Å². The van der Waals surface area contributed by atoms with Crippen LogP contribution in [0.2, 0.25) is 0 Å². The SMILES string of the molecule is CC(Nc1ccc2c(c1)OCO2)c1ccc(F)cn1. The summed E-state index contributed by atoms with van der Waals surface area (Å²) in [5.74, 6) is 1.14. The average molecular weight is 260 g/mol. The summed E-state index contributed by atoms with van der Waals surface area (Å²) in [5, 5.41) is 3.29. The maximum atomic E-state index is 12.8. The van der Waals surface area contributed by atoms with Crippen LogP contribution in [0.5, 0.6) is 11.5 Å². The van der Waals surface area contributed by atoms with Gasteiger partial charge in [0.2, 0.25) is 6.79 Å². The van der Waals surface area contributed by atoms with Crippen LogP contribution in [0.15, 0.2) is 36.5 Å². The van der Waals surface area contributed by atoms with E-state index >= 15 is 0 Å². The number of aromatic nitrogens is 1. The minimum absolute atomic E-state index is 0.0269. The van der Waals surface area contributed by atoms with Crippen molar-refractivity contribution in [3.05, 3.63) is 48.0 Å². The first-order valence-corrected chi connectivity index (χ1v) is 6.00. The van der Waals surface area contributed by atoms with E-state index in [1.807, 2.05) is 25.1 Å². The molecular weight excluding hydrogens is 247 g/mol. The van der Waals surface area contributed by atoms with E-state index in [0.29, 0.717) is 0 Å². The molecule has 2 aromatic rings. The van der Waals surface area contributed by atoms with E-state index in [4.69, 9.17) is 9.47 Å². The molecule has 5 heteroatoms.